The molecule has 3 atom stereocenters. The zero-order valence-corrected chi connectivity index (χ0v) is 15.4. The maximum atomic E-state index is 11.2. The van der Waals surface area contributed by atoms with Crippen LogP contribution in [0.25, 0.3) is 0 Å². The molecule has 3 nitrogen and oxygen atoms in total. The first-order chi connectivity index (χ1) is 9.88. The van der Waals surface area contributed by atoms with Crippen LogP contribution in [0, 0.1) is 17.8 Å². The number of rotatable bonds is 6. The van der Waals surface area contributed by atoms with Crippen LogP contribution in [0.4, 0.5) is 0 Å². The first-order valence-corrected chi connectivity index (χ1v) is 10.2. The van der Waals surface area contributed by atoms with Crippen molar-refractivity contribution in [1.82, 2.24) is 0 Å². The average Bonchev–Trinajstić information content (AvgIpc) is 2.41. The van der Waals surface area contributed by atoms with E-state index in [4.69, 9.17) is 0 Å². The van der Waals surface area contributed by atoms with Gasteiger partial charge in [0.1, 0.15) is 0 Å². The minimum Gasteiger partial charge on any atom is -0.288 e. The molecule has 6 heteroatoms. The summed E-state index contributed by atoms with van der Waals surface area (Å²) in [5.41, 5.74) is 0. The van der Waals surface area contributed by atoms with Gasteiger partial charge >= 0.3 is 0 Å². The maximum Gasteiger partial charge on any atom is 0.185 e. The molecule has 1 aliphatic rings. The summed E-state index contributed by atoms with van der Waals surface area (Å²) in [4.78, 5) is 33.5. The van der Waals surface area contributed by atoms with Gasteiger partial charge in [-0.1, -0.05) is 35.3 Å². The Morgan fingerprint density at radius 1 is 0.762 bits per heavy atom. The van der Waals surface area contributed by atoms with Crippen LogP contribution in [0.5, 0.6) is 0 Å². The van der Waals surface area contributed by atoms with Crippen molar-refractivity contribution >= 4 is 50.6 Å². The van der Waals surface area contributed by atoms with Gasteiger partial charge in [0.25, 0.3) is 0 Å². The van der Waals surface area contributed by atoms with Crippen LogP contribution >= 0.6 is 35.3 Å². The molecule has 0 saturated heterocycles. The van der Waals surface area contributed by atoms with Crippen molar-refractivity contribution < 1.29 is 14.4 Å². The Labute approximate surface area is 140 Å². The van der Waals surface area contributed by atoms with E-state index in [2.05, 4.69) is 0 Å². The van der Waals surface area contributed by atoms with Gasteiger partial charge < -0.3 is 0 Å². The molecule has 0 unspecified atom stereocenters. The predicted octanol–water partition coefficient (Wildman–Crippen LogP) is 3.86. The molecular weight excluding hydrogens is 324 g/mol. The Kier molecular flexibility index (Phi) is 9.06. The van der Waals surface area contributed by atoms with E-state index in [-0.39, 0.29) is 15.3 Å². The Morgan fingerprint density at radius 3 is 1.76 bits per heavy atom. The fraction of sp³-hybridized carbons (Fsp3) is 0.800. The highest BCUT2D eigenvalue weighted by Gasteiger charge is 2.31. The van der Waals surface area contributed by atoms with Gasteiger partial charge in [0.2, 0.25) is 0 Å². The third-order valence-electron chi connectivity index (χ3n) is 3.77. The Morgan fingerprint density at radius 2 is 1.24 bits per heavy atom. The smallest absolute Gasteiger partial charge is 0.185 e. The van der Waals surface area contributed by atoms with Gasteiger partial charge in [0.15, 0.2) is 15.3 Å². The standard InChI is InChI=1S/C15H24O3S3/c1-10(16)19-7-13-4-5-14(8-20-11(2)17)15(6-13)9-21-12(3)18/h13-15H,4-9H2,1-3H3/t13-,14-,15-/m0/s1. The molecule has 0 amide bonds. The Bertz CT molecular complexity index is 384. The van der Waals surface area contributed by atoms with Crippen LogP contribution in [0.2, 0.25) is 0 Å². The normalized spacial score (nSPS) is 25.6. The zero-order chi connectivity index (χ0) is 15.8. The molecule has 1 saturated carbocycles. The molecule has 120 valence electrons. The summed E-state index contributed by atoms with van der Waals surface area (Å²) in [6.45, 7) is 4.83. The molecule has 1 fully saturated rings. The summed E-state index contributed by atoms with van der Waals surface area (Å²) in [6.07, 6.45) is 3.31. The van der Waals surface area contributed by atoms with Crippen LogP contribution < -0.4 is 0 Å². The highest BCUT2D eigenvalue weighted by molar-refractivity contribution is 8.14. The summed E-state index contributed by atoms with van der Waals surface area (Å²) in [5.74, 6) is 4.17. The van der Waals surface area contributed by atoms with Crippen LogP contribution in [0.1, 0.15) is 40.0 Å². The summed E-state index contributed by atoms with van der Waals surface area (Å²) in [7, 11) is 0. The summed E-state index contributed by atoms with van der Waals surface area (Å²) in [5, 5.41) is 0.509. The van der Waals surface area contributed by atoms with Gasteiger partial charge in [-0.15, -0.1) is 0 Å². The lowest BCUT2D eigenvalue weighted by atomic mass is 9.76. The van der Waals surface area contributed by atoms with E-state index in [0.29, 0.717) is 17.8 Å². The first-order valence-electron chi connectivity index (χ1n) is 7.28. The monoisotopic (exact) mass is 348 g/mol. The van der Waals surface area contributed by atoms with Crippen molar-refractivity contribution in [2.75, 3.05) is 17.3 Å². The number of carbonyl (C=O) groups excluding carboxylic acids is 3. The zero-order valence-electron chi connectivity index (χ0n) is 12.9. The number of thioether (sulfide) groups is 3. The molecule has 0 spiro atoms. The Balaban J connectivity index is 2.52. The first kappa shape index (κ1) is 19.1. The van der Waals surface area contributed by atoms with E-state index >= 15 is 0 Å². The van der Waals surface area contributed by atoms with Gasteiger partial charge in [0.05, 0.1) is 0 Å². The lowest BCUT2D eigenvalue weighted by molar-refractivity contribution is -0.110. The van der Waals surface area contributed by atoms with Crippen molar-refractivity contribution in [1.29, 1.82) is 0 Å². The molecule has 1 rings (SSSR count). The lowest BCUT2D eigenvalue weighted by Gasteiger charge is -2.35. The minimum atomic E-state index is 0.160. The van der Waals surface area contributed by atoms with E-state index in [1.165, 1.54) is 35.3 Å². The second kappa shape index (κ2) is 9.95. The number of hydrogen-bond donors (Lipinski definition) is 0. The summed E-state index contributed by atoms with van der Waals surface area (Å²) in [6, 6.07) is 0. The van der Waals surface area contributed by atoms with Crippen molar-refractivity contribution in [3.63, 3.8) is 0 Å². The van der Waals surface area contributed by atoms with Gasteiger partial charge in [-0.2, -0.15) is 0 Å². The van der Waals surface area contributed by atoms with Crippen LogP contribution in [0.15, 0.2) is 0 Å². The van der Waals surface area contributed by atoms with Crippen molar-refractivity contribution in [2.24, 2.45) is 17.8 Å². The molecule has 0 aliphatic heterocycles. The third kappa shape index (κ3) is 8.31. The highest BCUT2D eigenvalue weighted by atomic mass is 32.2. The van der Waals surface area contributed by atoms with E-state index in [9.17, 15) is 14.4 Å². The summed E-state index contributed by atoms with van der Waals surface area (Å²) < 4.78 is 0. The molecule has 0 bridgehead atoms. The Hall–Kier alpha value is 0.0600. The predicted molar refractivity (Wildman–Crippen MR) is 93.7 cm³/mol. The number of carbonyl (C=O) groups is 3. The maximum absolute atomic E-state index is 11.2. The second-order valence-electron chi connectivity index (χ2n) is 5.61. The second-order valence-corrected chi connectivity index (χ2v) is 9.20. The summed E-state index contributed by atoms with van der Waals surface area (Å²) >= 11 is 4.21. The number of hydrogen-bond acceptors (Lipinski definition) is 6. The molecule has 0 aromatic carbocycles. The van der Waals surface area contributed by atoms with Gasteiger partial charge in [0, 0.05) is 38.0 Å². The van der Waals surface area contributed by atoms with Crippen molar-refractivity contribution in [3.8, 4) is 0 Å². The highest BCUT2D eigenvalue weighted by Crippen LogP contribution is 2.39. The molecular formula is C15H24O3S3. The fourth-order valence-corrected chi connectivity index (χ4v) is 5.20. The molecule has 0 aromatic rings. The van der Waals surface area contributed by atoms with Gasteiger partial charge in [-0.3, -0.25) is 14.4 Å². The SMILES string of the molecule is CC(=O)SC[C@H]1CC[C@@H](CSC(C)=O)[C@H](CSC(C)=O)C1. The molecule has 0 aromatic heterocycles. The largest absolute Gasteiger partial charge is 0.288 e. The lowest BCUT2D eigenvalue weighted by Crippen LogP contribution is -2.30. The van der Waals surface area contributed by atoms with Crippen LogP contribution in [-0.4, -0.2) is 32.6 Å². The third-order valence-corrected chi connectivity index (χ3v) is 6.82. The van der Waals surface area contributed by atoms with E-state index in [1.807, 2.05) is 0 Å². The van der Waals surface area contributed by atoms with E-state index in [1.54, 1.807) is 20.8 Å². The van der Waals surface area contributed by atoms with Crippen LogP contribution in [0.3, 0.4) is 0 Å². The average molecular weight is 349 g/mol. The van der Waals surface area contributed by atoms with E-state index < -0.39 is 0 Å². The molecule has 21 heavy (non-hydrogen) atoms. The van der Waals surface area contributed by atoms with E-state index in [0.717, 1.165) is 36.5 Å². The molecule has 1 aliphatic carbocycles. The molecule has 0 radical (unpaired) electrons. The minimum absolute atomic E-state index is 0.160. The van der Waals surface area contributed by atoms with Gasteiger partial charge in [-0.05, 0) is 37.0 Å². The van der Waals surface area contributed by atoms with Crippen molar-refractivity contribution in [3.05, 3.63) is 0 Å². The van der Waals surface area contributed by atoms with Crippen molar-refractivity contribution in [2.45, 2.75) is 40.0 Å². The topological polar surface area (TPSA) is 51.2 Å². The molecule has 0 N–H and O–H groups in total. The molecule has 0 heterocycles. The fourth-order valence-electron chi connectivity index (χ4n) is 2.68. The quantitative estimate of drug-likeness (QED) is 0.726. The van der Waals surface area contributed by atoms with Crippen LogP contribution in [-0.2, 0) is 14.4 Å². The van der Waals surface area contributed by atoms with Gasteiger partial charge in [-0.25, -0.2) is 0 Å².